The van der Waals surface area contributed by atoms with Gasteiger partial charge in [0.15, 0.2) is 0 Å². The Balaban J connectivity index is 1.46. The zero-order valence-electron chi connectivity index (χ0n) is 16.5. The lowest BCUT2D eigenvalue weighted by Gasteiger charge is -2.27. The molecular weight excluding hydrogens is 370 g/mol. The van der Waals surface area contributed by atoms with Gasteiger partial charge in [0.1, 0.15) is 18.1 Å². The van der Waals surface area contributed by atoms with E-state index in [1.165, 1.54) is 36.0 Å². The van der Waals surface area contributed by atoms with Crippen LogP contribution in [-0.4, -0.2) is 10.8 Å². The van der Waals surface area contributed by atoms with Gasteiger partial charge in [-0.15, -0.1) is 0 Å². The average molecular weight is 396 g/mol. The van der Waals surface area contributed by atoms with E-state index in [2.05, 4.69) is 30.1 Å². The number of carbonyl (C=O) groups excluding carboxylic acids is 1. The highest BCUT2D eigenvalue weighted by molar-refractivity contribution is 6.36. The molecule has 0 amide bonds. The van der Waals surface area contributed by atoms with E-state index in [0.29, 0.717) is 24.5 Å². The Morgan fingerprint density at radius 2 is 2.04 bits per heavy atom. The predicted octanol–water partition coefficient (Wildman–Crippen LogP) is 6.50. The number of fused-ring (bicyclic) bond motifs is 1. The van der Waals surface area contributed by atoms with Crippen LogP contribution in [0.15, 0.2) is 36.4 Å². The Labute approximate surface area is 171 Å². The number of aryl methyl sites for hydroxylation is 2. The van der Waals surface area contributed by atoms with Gasteiger partial charge < -0.3 is 14.5 Å². The fourth-order valence-corrected chi connectivity index (χ4v) is 4.23. The summed E-state index contributed by atoms with van der Waals surface area (Å²) in [4.78, 5) is 14.6. The number of aromatic nitrogens is 1. The van der Waals surface area contributed by atoms with Crippen LogP contribution >= 0.6 is 11.6 Å². The highest BCUT2D eigenvalue weighted by Crippen LogP contribution is 2.38. The van der Waals surface area contributed by atoms with Gasteiger partial charge in [0.05, 0.1) is 5.02 Å². The third-order valence-corrected chi connectivity index (χ3v) is 6.22. The van der Waals surface area contributed by atoms with Gasteiger partial charge in [0.2, 0.25) is 0 Å². The minimum Gasteiger partial charge on any atom is -0.489 e. The summed E-state index contributed by atoms with van der Waals surface area (Å²) in [6.07, 6.45) is 5.12. The lowest BCUT2D eigenvalue weighted by atomic mass is 9.78. The molecule has 0 atom stereocenters. The number of ketones is 1. The van der Waals surface area contributed by atoms with Crippen LogP contribution in [0.1, 0.15) is 60.9 Å². The number of hydrogen-bond acceptors (Lipinski definition) is 2. The van der Waals surface area contributed by atoms with E-state index in [9.17, 15) is 4.79 Å². The largest absolute Gasteiger partial charge is 0.489 e. The number of halogens is 1. The molecule has 0 unspecified atom stereocenters. The van der Waals surface area contributed by atoms with Crippen molar-refractivity contribution in [3.63, 3.8) is 0 Å². The van der Waals surface area contributed by atoms with Crippen molar-refractivity contribution in [3.8, 4) is 5.75 Å². The van der Waals surface area contributed by atoms with Crippen molar-refractivity contribution in [1.82, 2.24) is 4.98 Å². The maximum atomic E-state index is 11.2. The molecule has 0 saturated heterocycles. The van der Waals surface area contributed by atoms with Gasteiger partial charge in [0, 0.05) is 23.0 Å². The topological polar surface area (TPSA) is 42.1 Å². The zero-order chi connectivity index (χ0) is 19.7. The van der Waals surface area contributed by atoms with E-state index in [0.717, 1.165) is 28.3 Å². The maximum absolute atomic E-state index is 11.2. The molecule has 1 saturated carbocycles. The molecule has 3 nitrogen and oxygen atoms in total. The van der Waals surface area contributed by atoms with Gasteiger partial charge in [-0.25, -0.2) is 0 Å². The number of Topliss-reactive ketones (excluding diaryl/α,β-unsaturated/α-hetero) is 1. The molecular formula is C24H26ClNO2. The second-order valence-corrected chi connectivity index (χ2v) is 8.31. The molecule has 2 aromatic carbocycles. The number of benzene rings is 2. The molecule has 146 valence electrons. The number of aromatic amines is 1. The first kappa shape index (κ1) is 19.1. The molecule has 0 bridgehead atoms. The highest BCUT2D eigenvalue weighted by Gasteiger charge is 2.21. The van der Waals surface area contributed by atoms with Crippen molar-refractivity contribution in [2.75, 3.05) is 0 Å². The summed E-state index contributed by atoms with van der Waals surface area (Å²) in [6, 6.07) is 12.6. The van der Waals surface area contributed by atoms with Crippen LogP contribution in [0.25, 0.3) is 10.9 Å². The van der Waals surface area contributed by atoms with Crippen molar-refractivity contribution in [2.24, 2.45) is 0 Å². The lowest BCUT2D eigenvalue weighted by molar-refractivity contribution is -0.116. The van der Waals surface area contributed by atoms with Crippen LogP contribution in [-0.2, 0) is 17.8 Å². The molecule has 1 N–H and O–H groups in total. The molecule has 1 aliphatic carbocycles. The van der Waals surface area contributed by atoms with Gasteiger partial charge >= 0.3 is 0 Å². The monoisotopic (exact) mass is 395 g/mol. The number of H-pyrrole nitrogens is 1. The minimum absolute atomic E-state index is 0.164. The van der Waals surface area contributed by atoms with Gasteiger partial charge in [-0.3, -0.25) is 0 Å². The van der Waals surface area contributed by atoms with Crippen molar-refractivity contribution >= 4 is 28.3 Å². The second kappa shape index (κ2) is 8.00. The van der Waals surface area contributed by atoms with Gasteiger partial charge in [-0.05, 0) is 73.9 Å². The van der Waals surface area contributed by atoms with Crippen LogP contribution < -0.4 is 4.74 Å². The van der Waals surface area contributed by atoms with E-state index < -0.39 is 0 Å². The number of carbonyl (C=O) groups is 1. The Hall–Kier alpha value is -2.26. The molecule has 0 spiro atoms. The zero-order valence-corrected chi connectivity index (χ0v) is 17.2. The minimum atomic E-state index is 0.164. The number of nitrogens with one attached hydrogen (secondary N) is 1. The average Bonchev–Trinajstić information content (AvgIpc) is 2.94. The third kappa shape index (κ3) is 3.95. The molecule has 1 heterocycles. The summed E-state index contributed by atoms with van der Waals surface area (Å²) < 4.78 is 6.03. The van der Waals surface area contributed by atoms with E-state index >= 15 is 0 Å². The van der Waals surface area contributed by atoms with Gasteiger partial charge in [-0.1, -0.05) is 36.2 Å². The molecule has 1 aliphatic rings. The summed E-state index contributed by atoms with van der Waals surface area (Å²) in [5.74, 6) is 1.72. The molecule has 1 aromatic heterocycles. The summed E-state index contributed by atoms with van der Waals surface area (Å²) in [5.41, 5.74) is 5.92. The first-order valence-corrected chi connectivity index (χ1v) is 10.4. The molecule has 0 aliphatic heterocycles. The summed E-state index contributed by atoms with van der Waals surface area (Å²) >= 11 is 6.52. The Bertz CT molecular complexity index is 1020. The highest BCUT2D eigenvalue weighted by atomic mass is 35.5. The fraction of sp³-hybridized carbons (Fsp3) is 0.375. The summed E-state index contributed by atoms with van der Waals surface area (Å²) in [6.45, 7) is 4.34. The van der Waals surface area contributed by atoms with Crippen LogP contribution in [0.3, 0.4) is 0 Å². The molecule has 0 radical (unpaired) electrons. The number of rotatable bonds is 7. The Morgan fingerprint density at radius 1 is 1.21 bits per heavy atom. The van der Waals surface area contributed by atoms with E-state index in [4.69, 9.17) is 16.3 Å². The van der Waals surface area contributed by atoms with Crippen molar-refractivity contribution in [3.05, 3.63) is 63.8 Å². The summed E-state index contributed by atoms with van der Waals surface area (Å²) in [7, 11) is 0. The van der Waals surface area contributed by atoms with Gasteiger partial charge in [-0.2, -0.15) is 0 Å². The standard InChI is InChI=1S/C24H26ClNO2/c1-15-12-17(7-9-20(15)18-4-3-5-18)14-28-19-8-11-22-21(13-19)24(25)23(26-22)10-6-16(2)27/h7-9,11-13,18,26H,3-6,10,14H2,1-2H3. The van der Waals surface area contributed by atoms with Crippen molar-refractivity contribution < 1.29 is 9.53 Å². The quantitative estimate of drug-likeness (QED) is 0.496. The van der Waals surface area contributed by atoms with Crippen LogP contribution in [0.2, 0.25) is 5.02 Å². The third-order valence-electron chi connectivity index (χ3n) is 5.79. The lowest BCUT2D eigenvalue weighted by Crippen LogP contribution is -2.10. The van der Waals surface area contributed by atoms with Crippen LogP contribution in [0.4, 0.5) is 0 Å². The SMILES string of the molecule is CC(=O)CCc1[nH]c2ccc(OCc3ccc(C4CCC4)c(C)c3)cc2c1Cl. The van der Waals surface area contributed by atoms with Gasteiger partial charge in [0.25, 0.3) is 0 Å². The molecule has 4 heteroatoms. The van der Waals surface area contributed by atoms with Crippen LogP contribution in [0, 0.1) is 6.92 Å². The van der Waals surface area contributed by atoms with Crippen molar-refractivity contribution in [2.45, 2.75) is 58.5 Å². The van der Waals surface area contributed by atoms with Crippen molar-refractivity contribution in [1.29, 1.82) is 0 Å². The van der Waals surface area contributed by atoms with E-state index in [1.54, 1.807) is 6.92 Å². The number of ether oxygens (including phenoxy) is 1. The molecule has 1 fully saturated rings. The van der Waals surface area contributed by atoms with E-state index in [-0.39, 0.29) is 5.78 Å². The Morgan fingerprint density at radius 3 is 2.71 bits per heavy atom. The van der Waals surface area contributed by atoms with E-state index in [1.807, 2.05) is 18.2 Å². The first-order chi connectivity index (χ1) is 13.5. The fourth-order valence-electron chi connectivity index (χ4n) is 3.93. The second-order valence-electron chi connectivity index (χ2n) is 7.93. The molecule has 4 rings (SSSR count). The predicted molar refractivity (Wildman–Crippen MR) is 114 cm³/mol. The smallest absolute Gasteiger partial charge is 0.130 e. The maximum Gasteiger partial charge on any atom is 0.130 e. The van der Waals surface area contributed by atoms with Crippen LogP contribution in [0.5, 0.6) is 5.75 Å². The summed E-state index contributed by atoms with van der Waals surface area (Å²) in [5, 5.41) is 1.62. The molecule has 3 aromatic rings. The first-order valence-electron chi connectivity index (χ1n) is 10.0. The number of hydrogen-bond donors (Lipinski definition) is 1. The normalized spacial score (nSPS) is 14.2. The molecule has 28 heavy (non-hydrogen) atoms. The Kier molecular flexibility index (Phi) is 5.45.